The van der Waals surface area contributed by atoms with Gasteiger partial charge in [-0.3, -0.25) is 9.78 Å². The van der Waals surface area contributed by atoms with Crippen LogP contribution in [0.15, 0.2) is 71.8 Å². The normalized spacial score (nSPS) is 11.5. The molecule has 3 N–H and O–H groups in total. The zero-order chi connectivity index (χ0) is 25.2. The fourth-order valence-corrected chi connectivity index (χ4v) is 4.59. The number of aromatic nitrogens is 1. The Hall–Kier alpha value is -3.24. The predicted molar refractivity (Wildman–Crippen MR) is 131 cm³/mol. The van der Waals surface area contributed by atoms with Crippen molar-refractivity contribution in [1.29, 1.82) is 0 Å². The van der Waals surface area contributed by atoms with Crippen molar-refractivity contribution in [3.05, 3.63) is 99.4 Å². The number of hydrogen-bond donors (Lipinski definition) is 3. The second kappa shape index (κ2) is 10.2. The molecule has 11 heteroatoms. The maximum Gasteiger partial charge on any atom is 0.256 e. The van der Waals surface area contributed by atoms with E-state index in [1.807, 2.05) is 0 Å². The highest BCUT2D eigenvalue weighted by molar-refractivity contribution is 7.89. The summed E-state index contributed by atoms with van der Waals surface area (Å²) in [5.41, 5.74) is 0.911. The Morgan fingerprint density at radius 2 is 1.51 bits per heavy atom. The van der Waals surface area contributed by atoms with Gasteiger partial charge in [-0.15, -0.1) is 0 Å². The zero-order valence-electron chi connectivity index (χ0n) is 17.9. The summed E-state index contributed by atoms with van der Waals surface area (Å²) >= 11 is 11.7. The number of rotatable bonds is 7. The van der Waals surface area contributed by atoms with Crippen LogP contribution in [-0.4, -0.2) is 24.4 Å². The van der Waals surface area contributed by atoms with Gasteiger partial charge >= 0.3 is 0 Å². The molecular formula is C24H18Cl2FN3O4S. The van der Waals surface area contributed by atoms with Crippen molar-refractivity contribution in [2.24, 2.45) is 0 Å². The summed E-state index contributed by atoms with van der Waals surface area (Å²) in [7, 11) is -4.16. The van der Waals surface area contributed by atoms with Crippen LogP contribution in [0.5, 0.6) is 5.75 Å². The topological polar surface area (TPSA) is 108 Å². The predicted octanol–water partition coefficient (Wildman–Crippen LogP) is 4.79. The van der Waals surface area contributed by atoms with Crippen molar-refractivity contribution in [3.63, 3.8) is 0 Å². The minimum Gasteiger partial charge on any atom is -0.506 e. The molecule has 1 heterocycles. The summed E-state index contributed by atoms with van der Waals surface area (Å²) in [5, 5.41) is 14.2. The number of benzene rings is 3. The first-order chi connectivity index (χ1) is 16.6. The number of pyridine rings is 1. The van der Waals surface area contributed by atoms with Gasteiger partial charge < -0.3 is 10.4 Å². The molecule has 0 atom stereocenters. The summed E-state index contributed by atoms with van der Waals surface area (Å²) in [5.74, 6) is -2.21. The van der Waals surface area contributed by atoms with E-state index in [1.165, 1.54) is 0 Å². The lowest BCUT2D eigenvalue weighted by Gasteiger charge is -2.12. The van der Waals surface area contributed by atoms with Crippen molar-refractivity contribution in [2.45, 2.75) is 18.0 Å². The molecule has 0 spiro atoms. The third kappa shape index (κ3) is 5.71. The maximum atomic E-state index is 14.7. The van der Waals surface area contributed by atoms with Crippen LogP contribution < -0.4 is 10.0 Å². The highest BCUT2D eigenvalue weighted by Gasteiger charge is 2.22. The van der Waals surface area contributed by atoms with Crippen LogP contribution in [0.4, 0.5) is 4.39 Å². The second-order valence-corrected chi connectivity index (χ2v) is 10.2. The Bertz CT molecular complexity index is 1510. The molecular weight excluding hydrogens is 516 g/mol. The fraction of sp³-hybridized carbons (Fsp3) is 0.0833. The van der Waals surface area contributed by atoms with Crippen molar-refractivity contribution in [2.75, 3.05) is 0 Å². The molecule has 0 saturated carbocycles. The summed E-state index contributed by atoms with van der Waals surface area (Å²) in [6.07, 6.45) is 1.03. The molecule has 4 aromatic rings. The fourth-order valence-electron chi connectivity index (χ4n) is 3.29. The van der Waals surface area contributed by atoms with E-state index in [9.17, 15) is 22.7 Å². The number of sulfonamides is 1. The molecule has 0 fully saturated rings. The number of carbonyl (C=O) groups is 1. The maximum absolute atomic E-state index is 14.7. The smallest absolute Gasteiger partial charge is 0.256 e. The highest BCUT2D eigenvalue weighted by Crippen LogP contribution is 2.31. The molecule has 180 valence electrons. The summed E-state index contributed by atoms with van der Waals surface area (Å²) in [6.45, 7) is 0.0847. The zero-order valence-corrected chi connectivity index (χ0v) is 20.3. The van der Waals surface area contributed by atoms with Gasteiger partial charge in [0.1, 0.15) is 16.8 Å². The van der Waals surface area contributed by atoms with E-state index in [2.05, 4.69) is 15.0 Å². The van der Waals surface area contributed by atoms with Crippen LogP contribution >= 0.6 is 23.2 Å². The van der Waals surface area contributed by atoms with Crippen molar-refractivity contribution in [3.8, 4) is 5.75 Å². The lowest BCUT2D eigenvalue weighted by atomic mass is 10.1. The Morgan fingerprint density at radius 1 is 0.943 bits per heavy atom. The number of hydrogen-bond acceptors (Lipinski definition) is 5. The molecule has 7 nitrogen and oxygen atoms in total. The number of amides is 1. The SMILES string of the molecule is O=C(NCc1ccc(Cl)cc1)c1cnc2c(F)cc(S(=O)(=O)NCc3ccc(Cl)cc3)cc2c1O. The second-order valence-electron chi connectivity index (χ2n) is 7.58. The molecule has 0 aliphatic carbocycles. The summed E-state index contributed by atoms with van der Waals surface area (Å²) < 4.78 is 42.7. The number of halogens is 3. The van der Waals surface area contributed by atoms with E-state index in [4.69, 9.17) is 23.2 Å². The average molecular weight is 534 g/mol. The minimum atomic E-state index is -4.16. The number of carbonyl (C=O) groups excluding carboxylic acids is 1. The van der Waals surface area contributed by atoms with Crippen LogP contribution in [0.25, 0.3) is 10.9 Å². The first kappa shape index (κ1) is 24.9. The van der Waals surface area contributed by atoms with Crippen LogP contribution in [0, 0.1) is 5.82 Å². The van der Waals surface area contributed by atoms with Gasteiger partial charge in [0.05, 0.1) is 4.90 Å². The number of nitrogens with zero attached hydrogens (tertiary/aromatic N) is 1. The lowest BCUT2D eigenvalue weighted by molar-refractivity contribution is 0.0948. The monoisotopic (exact) mass is 533 g/mol. The van der Waals surface area contributed by atoms with Gasteiger partial charge in [0.15, 0.2) is 5.82 Å². The Morgan fingerprint density at radius 3 is 2.11 bits per heavy atom. The van der Waals surface area contributed by atoms with Gasteiger partial charge in [-0.05, 0) is 47.5 Å². The molecule has 0 aliphatic rings. The Kier molecular flexibility index (Phi) is 7.23. The van der Waals surface area contributed by atoms with Crippen molar-refractivity contribution < 1.29 is 22.7 Å². The molecule has 0 aliphatic heterocycles. The third-order valence-electron chi connectivity index (χ3n) is 5.17. The van der Waals surface area contributed by atoms with Crippen LogP contribution in [0.1, 0.15) is 21.5 Å². The van der Waals surface area contributed by atoms with Crippen LogP contribution in [0.2, 0.25) is 10.0 Å². The quantitative estimate of drug-likeness (QED) is 0.316. The van der Waals surface area contributed by atoms with E-state index >= 15 is 0 Å². The molecule has 0 unspecified atom stereocenters. The number of fused-ring (bicyclic) bond motifs is 1. The minimum absolute atomic E-state index is 0.0590. The van der Waals surface area contributed by atoms with E-state index in [0.717, 1.165) is 23.9 Å². The molecule has 35 heavy (non-hydrogen) atoms. The molecule has 1 aromatic heterocycles. The van der Waals surface area contributed by atoms with Gasteiger partial charge in [0.2, 0.25) is 10.0 Å². The van der Waals surface area contributed by atoms with Gasteiger partial charge in [-0.25, -0.2) is 17.5 Å². The Labute approximate surface area is 210 Å². The first-order valence-corrected chi connectivity index (χ1v) is 12.5. The largest absolute Gasteiger partial charge is 0.506 e. The van der Waals surface area contributed by atoms with E-state index in [0.29, 0.717) is 15.6 Å². The van der Waals surface area contributed by atoms with Gasteiger partial charge in [-0.2, -0.15) is 0 Å². The summed E-state index contributed by atoms with van der Waals surface area (Å²) in [4.78, 5) is 16.1. The third-order valence-corrected chi connectivity index (χ3v) is 7.06. The molecule has 0 saturated heterocycles. The van der Waals surface area contributed by atoms with E-state index in [-0.39, 0.29) is 29.6 Å². The molecule has 3 aromatic carbocycles. The molecule has 4 rings (SSSR count). The highest BCUT2D eigenvalue weighted by atomic mass is 35.5. The molecule has 0 bridgehead atoms. The first-order valence-electron chi connectivity index (χ1n) is 10.2. The molecule has 1 amide bonds. The average Bonchev–Trinajstić information content (AvgIpc) is 2.83. The van der Waals surface area contributed by atoms with Crippen LogP contribution in [0.3, 0.4) is 0 Å². The van der Waals surface area contributed by atoms with Crippen molar-refractivity contribution in [1.82, 2.24) is 15.0 Å². The standard InChI is InChI=1S/C24H18Cl2FN3O4S/c25-16-5-1-14(2-6-16)11-29-24(32)20-13-28-22-19(23(20)31)9-18(10-21(22)27)35(33,34)30-12-15-3-7-17(26)8-4-15/h1-10,13,30H,11-12H2,(H,28,31)(H,29,32). The Balaban J connectivity index is 1.59. The van der Waals surface area contributed by atoms with E-state index < -0.39 is 32.4 Å². The van der Waals surface area contributed by atoms with Gasteiger partial charge in [0, 0.05) is 34.7 Å². The number of nitrogens with one attached hydrogen (secondary N) is 2. The van der Waals surface area contributed by atoms with E-state index in [1.54, 1.807) is 48.5 Å². The lowest BCUT2D eigenvalue weighted by Crippen LogP contribution is -2.24. The van der Waals surface area contributed by atoms with Crippen molar-refractivity contribution >= 4 is 50.0 Å². The number of aromatic hydroxyl groups is 1. The molecule has 0 radical (unpaired) electrons. The van der Waals surface area contributed by atoms with Gasteiger partial charge in [-0.1, -0.05) is 47.5 Å². The van der Waals surface area contributed by atoms with Crippen LogP contribution in [-0.2, 0) is 23.1 Å². The van der Waals surface area contributed by atoms with Gasteiger partial charge in [0.25, 0.3) is 5.91 Å². The summed E-state index contributed by atoms with van der Waals surface area (Å²) in [6, 6.07) is 15.2.